The molecule has 0 aliphatic heterocycles. The molecule has 0 aliphatic rings. The molecule has 0 saturated carbocycles. The maximum atomic E-state index is 13.7. The Balaban J connectivity index is 1.85. The van der Waals surface area contributed by atoms with Crippen LogP contribution in [0.2, 0.25) is 0 Å². The maximum absolute atomic E-state index is 13.7. The fraction of sp³-hybridized carbons (Fsp3) is 0.167. The van der Waals surface area contributed by atoms with E-state index in [1.54, 1.807) is 41.6 Å². The van der Waals surface area contributed by atoms with E-state index in [0.29, 0.717) is 5.13 Å². The molecule has 4 aromatic rings. The van der Waals surface area contributed by atoms with Gasteiger partial charge in [-0.1, -0.05) is 41.7 Å². The molecule has 7 heteroatoms. The summed E-state index contributed by atoms with van der Waals surface area (Å²) in [6.45, 7) is 4.31. The SMILES string of the molecule is COC(=O)c1ccccc1C(=O)N(Cc1cccnc1)c1nc2c(C)ccc(C)c2s1. The van der Waals surface area contributed by atoms with Gasteiger partial charge in [-0.25, -0.2) is 9.78 Å². The molecular formula is C24H21N3O3S. The number of thiazole rings is 1. The number of hydrogen-bond acceptors (Lipinski definition) is 6. The third-order valence-corrected chi connectivity index (χ3v) is 6.25. The Morgan fingerprint density at radius 3 is 2.42 bits per heavy atom. The predicted molar refractivity (Wildman–Crippen MR) is 122 cm³/mol. The minimum absolute atomic E-state index is 0.222. The van der Waals surface area contributed by atoms with Gasteiger partial charge in [0, 0.05) is 12.4 Å². The van der Waals surface area contributed by atoms with Crippen molar-refractivity contribution in [2.75, 3.05) is 12.0 Å². The number of methoxy groups -OCH3 is 1. The van der Waals surface area contributed by atoms with E-state index in [0.717, 1.165) is 26.9 Å². The molecule has 2 aromatic heterocycles. The predicted octanol–water partition coefficient (Wildman–Crippen LogP) is 4.94. The molecule has 0 bridgehead atoms. The smallest absolute Gasteiger partial charge is 0.338 e. The molecular weight excluding hydrogens is 410 g/mol. The topological polar surface area (TPSA) is 72.4 Å². The van der Waals surface area contributed by atoms with Crippen LogP contribution in [-0.2, 0) is 11.3 Å². The minimum atomic E-state index is -0.554. The molecule has 0 spiro atoms. The van der Waals surface area contributed by atoms with E-state index in [4.69, 9.17) is 9.72 Å². The summed E-state index contributed by atoms with van der Waals surface area (Å²) < 4.78 is 5.92. The number of fused-ring (bicyclic) bond motifs is 1. The number of rotatable bonds is 5. The fourth-order valence-corrected chi connectivity index (χ4v) is 4.48. The number of hydrogen-bond donors (Lipinski definition) is 0. The van der Waals surface area contributed by atoms with E-state index in [9.17, 15) is 9.59 Å². The molecule has 4 rings (SSSR count). The second-order valence-corrected chi connectivity index (χ2v) is 8.14. The van der Waals surface area contributed by atoms with Crippen molar-refractivity contribution in [2.24, 2.45) is 0 Å². The summed E-state index contributed by atoms with van der Waals surface area (Å²) in [5.41, 5.74) is 4.38. The fourth-order valence-electron chi connectivity index (χ4n) is 3.37. The van der Waals surface area contributed by atoms with Gasteiger partial charge in [0.1, 0.15) is 0 Å². The Bertz CT molecular complexity index is 1230. The third-order valence-electron chi connectivity index (χ3n) is 5.03. The molecule has 0 fully saturated rings. The van der Waals surface area contributed by atoms with Gasteiger partial charge in [-0.2, -0.15) is 0 Å². The molecule has 0 saturated heterocycles. The second kappa shape index (κ2) is 8.65. The Hall–Kier alpha value is -3.58. The Labute approximate surface area is 184 Å². The quantitative estimate of drug-likeness (QED) is 0.419. The van der Waals surface area contributed by atoms with Crippen LogP contribution >= 0.6 is 11.3 Å². The van der Waals surface area contributed by atoms with Gasteiger partial charge in [-0.3, -0.25) is 14.7 Å². The summed E-state index contributed by atoms with van der Waals surface area (Å²) in [4.78, 5) is 36.5. The van der Waals surface area contributed by atoms with Gasteiger partial charge in [0.25, 0.3) is 5.91 Å². The van der Waals surface area contributed by atoms with Crippen LogP contribution in [0.5, 0.6) is 0 Å². The summed E-state index contributed by atoms with van der Waals surface area (Å²) in [5, 5.41) is 0.570. The lowest BCUT2D eigenvalue weighted by Crippen LogP contribution is -2.31. The van der Waals surface area contributed by atoms with Gasteiger partial charge >= 0.3 is 5.97 Å². The lowest BCUT2D eigenvalue weighted by molar-refractivity contribution is 0.0597. The number of nitrogens with zero attached hydrogens (tertiary/aromatic N) is 3. The minimum Gasteiger partial charge on any atom is -0.465 e. The van der Waals surface area contributed by atoms with Crippen molar-refractivity contribution in [3.63, 3.8) is 0 Å². The van der Waals surface area contributed by atoms with Crippen molar-refractivity contribution in [3.05, 3.63) is 88.7 Å². The van der Waals surface area contributed by atoms with E-state index < -0.39 is 5.97 Å². The van der Waals surface area contributed by atoms with Gasteiger partial charge in [-0.05, 0) is 48.7 Å². The summed E-state index contributed by atoms with van der Waals surface area (Å²) in [6, 6.07) is 14.5. The highest BCUT2D eigenvalue weighted by Crippen LogP contribution is 2.34. The van der Waals surface area contributed by atoms with Gasteiger partial charge in [0.2, 0.25) is 0 Å². The van der Waals surface area contributed by atoms with E-state index in [1.807, 2.05) is 32.0 Å². The zero-order chi connectivity index (χ0) is 22.0. The van der Waals surface area contributed by atoms with Gasteiger partial charge < -0.3 is 4.74 Å². The molecule has 0 atom stereocenters. The molecule has 0 radical (unpaired) electrons. The zero-order valence-electron chi connectivity index (χ0n) is 17.5. The second-order valence-electron chi connectivity index (χ2n) is 7.16. The van der Waals surface area contributed by atoms with Crippen LogP contribution in [0.15, 0.2) is 60.9 Å². The standard InChI is InChI=1S/C24H21N3O3S/c1-15-10-11-16(2)21-20(15)26-24(31-21)27(14-17-7-6-12-25-13-17)22(28)18-8-4-5-9-19(18)23(29)30-3/h4-13H,14H2,1-3H3. The molecule has 0 unspecified atom stereocenters. The molecule has 156 valence electrons. The number of benzene rings is 2. The molecule has 0 aliphatic carbocycles. The van der Waals surface area contributed by atoms with Crippen molar-refractivity contribution >= 4 is 38.6 Å². The molecule has 0 N–H and O–H groups in total. The highest BCUT2D eigenvalue weighted by Gasteiger charge is 2.26. The Kier molecular flexibility index (Phi) is 5.77. The van der Waals surface area contributed by atoms with Crippen LogP contribution in [0.4, 0.5) is 5.13 Å². The number of aryl methyl sites for hydroxylation is 2. The number of carbonyl (C=O) groups is 2. The number of aromatic nitrogens is 2. The van der Waals surface area contributed by atoms with Crippen LogP contribution in [0.1, 0.15) is 37.4 Å². The van der Waals surface area contributed by atoms with Crippen LogP contribution in [0.25, 0.3) is 10.2 Å². The van der Waals surface area contributed by atoms with Crippen molar-refractivity contribution in [1.82, 2.24) is 9.97 Å². The summed E-state index contributed by atoms with van der Waals surface area (Å²) in [6.07, 6.45) is 3.41. The molecule has 2 heterocycles. The molecule has 6 nitrogen and oxygen atoms in total. The summed E-state index contributed by atoms with van der Waals surface area (Å²) >= 11 is 1.47. The lowest BCUT2D eigenvalue weighted by atomic mass is 10.1. The highest BCUT2D eigenvalue weighted by atomic mass is 32.1. The monoisotopic (exact) mass is 431 g/mol. The van der Waals surface area contributed by atoms with E-state index >= 15 is 0 Å². The summed E-state index contributed by atoms with van der Waals surface area (Å²) in [7, 11) is 1.30. The van der Waals surface area contributed by atoms with Crippen LogP contribution < -0.4 is 4.90 Å². The van der Waals surface area contributed by atoms with E-state index in [-0.39, 0.29) is 23.6 Å². The van der Waals surface area contributed by atoms with Crippen molar-refractivity contribution in [3.8, 4) is 0 Å². The zero-order valence-corrected chi connectivity index (χ0v) is 18.3. The molecule has 1 amide bonds. The number of anilines is 1. The van der Waals surface area contributed by atoms with Crippen molar-refractivity contribution < 1.29 is 14.3 Å². The summed E-state index contributed by atoms with van der Waals surface area (Å²) in [5.74, 6) is -0.875. The molecule has 2 aromatic carbocycles. The maximum Gasteiger partial charge on any atom is 0.338 e. The lowest BCUT2D eigenvalue weighted by Gasteiger charge is -2.21. The van der Waals surface area contributed by atoms with Gasteiger partial charge in [0.05, 0.1) is 35.0 Å². The normalized spacial score (nSPS) is 10.8. The van der Waals surface area contributed by atoms with Crippen molar-refractivity contribution in [2.45, 2.75) is 20.4 Å². The first kappa shape index (κ1) is 20.7. The number of esters is 1. The average molecular weight is 432 g/mol. The number of amides is 1. The number of carbonyl (C=O) groups excluding carboxylic acids is 2. The van der Waals surface area contributed by atoms with Crippen molar-refractivity contribution in [1.29, 1.82) is 0 Å². The van der Waals surface area contributed by atoms with Gasteiger partial charge in [0.15, 0.2) is 5.13 Å². The Morgan fingerprint density at radius 1 is 1.00 bits per heavy atom. The number of pyridine rings is 1. The number of ether oxygens (including phenoxy) is 1. The van der Waals surface area contributed by atoms with E-state index in [2.05, 4.69) is 11.1 Å². The van der Waals surface area contributed by atoms with Crippen LogP contribution in [0.3, 0.4) is 0 Å². The average Bonchev–Trinajstić information content (AvgIpc) is 3.26. The Morgan fingerprint density at radius 2 is 1.74 bits per heavy atom. The van der Waals surface area contributed by atoms with Crippen LogP contribution in [-0.4, -0.2) is 29.0 Å². The first-order valence-corrected chi connectivity index (χ1v) is 10.6. The third kappa shape index (κ3) is 4.04. The van der Waals surface area contributed by atoms with E-state index in [1.165, 1.54) is 18.4 Å². The first-order valence-electron chi connectivity index (χ1n) is 9.74. The first-order chi connectivity index (χ1) is 15.0. The highest BCUT2D eigenvalue weighted by molar-refractivity contribution is 7.22. The van der Waals surface area contributed by atoms with Gasteiger partial charge in [-0.15, -0.1) is 0 Å². The largest absolute Gasteiger partial charge is 0.465 e. The van der Waals surface area contributed by atoms with Crippen LogP contribution in [0, 0.1) is 13.8 Å². The molecule has 31 heavy (non-hydrogen) atoms.